The number of nitrogens with zero attached hydrogens (tertiary/aromatic N) is 4. The van der Waals surface area contributed by atoms with Gasteiger partial charge in [-0.3, -0.25) is 4.79 Å². The third-order valence-electron chi connectivity index (χ3n) is 6.01. The Labute approximate surface area is 217 Å². The van der Waals surface area contributed by atoms with E-state index in [4.69, 9.17) is 32.1 Å². The number of aromatic nitrogens is 1. The van der Waals surface area contributed by atoms with Crippen LogP contribution < -0.4 is 25.3 Å². The minimum Gasteiger partial charge on any atom is -0.494 e. The van der Waals surface area contributed by atoms with Crippen molar-refractivity contribution in [2.75, 3.05) is 31.1 Å². The molecular formula is C26H34ClN6O3+. The van der Waals surface area contributed by atoms with E-state index in [1.165, 1.54) is 0 Å². The lowest BCUT2D eigenvalue weighted by Gasteiger charge is -2.22. The lowest BCUT2D eigenvalue weighted by atomic mass is 9.99. The van der Waals surface area contributed by atoms with Gasteiger partial charge in [0.2, 0.25) is 12.2 Å². The number of pyridine rings is 1. The number of nitrogens with one attached hydrogen (secondary N) is 1. The number of nitrogens with two attached hydrogens (primary N) is 1. The zero-order chi connectivity index (χ0) is 25.6. The summed E-state index contributed by atoms with van der Waals surface area (Å²) in [5, 5.41) is 12.9. The Kier molecular flexibility index (Phi) is 11.3. The van der Waals surface area contributed by atoms with E-state index in [0.29, 0.717) is 18.2 Å². The molecule has 1 fully saturated rings. The summed E-state index contributed by atoms with van der Waals surface area (Å²) in [4.78, 5) is 17.8. The van der Waals surface area contributed by atoms with Gasteiger partial charge in [-0.25, -0.2) is 0 Å². The maximum Gasteiger partial charge on any atom is 0.313 e. The molecule has 1 aliphatic rings. The van der Waals surface area contributed by atoms with Crippen molar-refractivity contribution in [3.8, 4) is 11.9 Å². The number of halogens is 1. The van der Waals surface area contributed by atoms with Crippen LogP contribution in [0.1, 0.15) is 38.5 Å². The molecule has 1 aromatic carbocycles. The number of hydrogen-bond acceptors (Lipinski definition) is 6. The Bertz CT molecular complexity index is 1020. The molecule has 0 atom stereocenters. The fraction of sp³-hybridized carbons (Fsp3) is 0.462. The Morgan fingerprint density at radius 2 is 1.83 bits per heavy atom. The molecule has 10 heteroatoms. The molecule has 3 N–H and O–H groups in total. The Morgan fingerprint density at radius 3 is 2.53 bits per heavy atom. The highest BCUT2D eigenvalue weighted by Crippen LogP contribution is 2.17. The first kappa shape index (κ1) is 27.2. The summed E-state index contributed by atoms with van der Waals surface area (Å²) >= 11 is 5.89. The van der Waals surface area contributed by atoms with Crippen LogP contribution in [0.5, 0.6) is 5.75 Å². The third-order valence-corrected chi connectivity index (χ3v) is 6.27. The number of ether oxygens (including phenoxy) is 2. The van der Waals surface area contributed by atoms with E-state index in [1.54, 1.807) is 10.8 Å². The first-order valence-electron chi connectivity index (χ1n) is 12.3. The Morgan fingerprint density at radius 1 is 1.14 bits per heavy atom. The van der Waals surface area contributed by atoms with Gasteiger partial charge in [-0.2, -0.15) is 9.83 Å². The number of guanidine groups is 1. The second kappa shape index (κ2) is 14.9. The molecule has 0 radical (unpaired) electrons. The molecule has 2 heterocycles. The minimum atomic E-state index is -0.154. The van der Waals surface area contributed by atoms with Gasteiger partial charge < -0.3 is 25.4 Å². The van der Waals surface area contributed by atoms with Crippen LogP contribution in [-0.2, 0) is 16.3 Å². The van der Waals surface area contributed by atoms with E-state index >= 15 is 0 Å². The quantitative estimate of drug-likeness (QED) is 0.112. The van der Waals surface area contributed by atoms with Crippen LogP contribution in [0.2, 0.25) is 5.02 Å². The number of aliphatic imine (C=N–C) groups is 1. The monoisotopic (exact) mass is 513 g/mol. The van der Waals surface area contributed by atoms with Gasteiger partial charge in [0.15, 0.2) is 12.4 Å². The maximum atomic E-state index is 12.3. The van der Waals surface area contributed by atoms with Gasteiger partial charge in [0.1, 0.15) is 5.75 Å². The van der Waals surface area contributed by atoms with Crippen molar-refractivity contribution in [3.05, 3.63) is 53.8 Å². The molecule has 192 valence electrons. The predicted molar refractivity (Wildman–Crippen MR) is 138 cm³/mol. The number of anilines is 1. The molecule has 1 aromatic heterocycles. The number of nitriles is 1. The molecular weight excluding hydrogens is 480 g/mol. The van der Waals surface area contributed by atoms with Gasteiger partial charge >= 0.3 is 5.97 Å². The molecule has 0 saturated carbocycles. The number of rotatable bonds is 12. The van der Waals surface area contributed by atoms with Crippen LogP contribution in [0.15, 0.2) is 53.8 Å². The number of piperidine rings is 1. The summed E-state index contributed by atoms with van der Waals surface area (Å²) in [7, 11) is 0. The average molecular weight is 514 g/mol. The summed E-state index contributed by atoms with van der Waals surface area (Å²) < 4.78 is 13.0. The number of benzene rings is 1. The van der Waals surface area contributed by atoms with E-state index in [2.05, 4.69) is 10.3 Å². The van der Waals surface area contributed by atoms with Gasteiger partial charge in [-0.15, -0.1) is 4.99 Å². The zero-order valence-electron chi connectivity index (χ0n) is 20.4. The van der Waals surface area contributed by atoms with Crippen molar-refractivity contribution in [1.29, 1.82) is 5.26 Å². The number of unbranched alkanes of at least 4 members (excludes halogenated alkanes) is 3. The molecule has 9 nitrogen and oxygen atoms in total. The molecule has 0 unspecified atom stereocenters. The van der Waals surface area contributed by atoms with Crippen LogP contribution in [0.4, 0.5) is 5.69 Å². The fourth-order valence-corrected chi connectivity index (χ4v) is 4.09. The van der Waals surface area contributed by atoms with Gasteiger partial charge in [-0.1, -0.05) is 24.4 Å². The molecule has 0 bridgehead atoms. The van der Waals surface area contributed by atoms with Crippen molar-refractivity contribution in [3.63, 3.8) is 0 Å². The van der Waals surface area contributed by atoms with Crippen LogP contribution in [0.3, 0.4) is 0 Å². The van der Waals surface area contributed by atoms with Crippen molar-refractivity contribution in [2.24, 2.45) is 16.6 Å². The van der Waals surface area contributed by atoms with Gasteiger partial charge in [0.05, 0.1) is 18.2 Å². The second-order valence-corrected chi connectivity index (χ2v) is 9.06. The van der Waals surface area contributed by atoms with Crippen LogP contribution >= 0.6 is 11.6 Å². The Balaban J connectivity index is 1.42. The second-order valence-electron chi connectivity index (χ2n) is 8.63. The first-order valence-corrected chi connectivity index (χ1v) is 12.7. The van der Waals surface area contributed by atoms with Gasteiger partial charge in [-0.05, 0) is 63.0 Å². The molecule has 36 heavy (non-hydrogen) atoms. The van der Waals surface area contributed by atoms with Crippen molar-refractivity contribution in [1.82, 2.24) is 5.32 Å². The summed E-state index contributed by atoms with van der Waals surface area (Å²) in [6.45, 7) is 3.12. The lowest BCUT2D eigenvalue weighted by Crippen LogP contribution is -2.40. The van der Waals surface area contributed by atoms with E-state index in [1.807, 2.05) is 53.7 Å². The highest BCUT2D eigenvalue weighted by atomic mass is 35.5. The maximum absolute atomic E-state index is 12.3. The first-order chi connectivity index (χ1) is 17.6. The molecule has 0 spiro atoms. The summed E-state index contributed by atoms with van der Waals surface area (Å²) in [5.41, 5.74) is 6.88. The number of carbonyl (C=O) groups excluding carboxylic acids is 1. The highest BCUT2D eigenvalue weighted by molar-refractivity contribution is 6.30. The number of hydrogen-bond donors (Lipinski definition) is 2. The minimum absolute atomic E-state index is 0.0346. The van der Waals surface area contributed by atoms with Gasteiger partial charge in [0.25, 0.3) is 6.73 Å². The SMILES string of the molecule is N#CN=C(N)N(CCCCCCOc1ccc(Cl)cc1)c1cc[n+](COC(=O)C2CCNCC2)cc1. The standard InChI is InChI=1S/C26H34ClN6O3/c27-22-5-7-24(8-6-22)35-18-4-2-1-3-15-33(26(29)31-19-28)23-11-16-32(17-12-23)20-36-25(34)21-9-13-30-14-10-21/h5-8,11-12,16-17,21,30H,1-4,9-10,13-15,18,20H2,(H2,29,31)/q+1. The molecule has 1 saturated heterocycles. The van der Waals surface area contributed by atoms with Crippen LogP contribution in [-0.4, -0.2) is 38.2 Å². The highest BCUT2D eigenvalue weighted by Gasteiger charge is 2.23. The number of carbonyl (C=O) groups is 1. The lowest BCUT2D eigenvalue weighted by molar-refractivity contribution is -0.727. The van der Waals surface area contributed by atoms with Crippen LogP contribution in [0, 0.1) is 17.4 Å². The topological polar surface area (TPSA) is 117 Å². The summed E-state index contributed by atoms with van der Waals surface area (Å²) in [5.74, 6) is 0.776. The molecule has 2 aromatic rings. The van der Waals surface area contributed by atoms with Crippen molar-refractivity contribution >= 4 is 29.2 Å². The number of esters is 1. The van der Waals surface area contributed by atoms with E-state index in [-0.39, 0.29) is 24.6 Å². The van der Waals surface area contributed by atoms with E-state index in [9.17, 15) is 4.79 Å². The zero-order valence-corrected chi connectivity index (χ0v) is 21.2. The molecule has 3 rings (SSSR count). The normalized spacial score (nSPS) is 14.2. The predicted octanol–water partition coefficient (Wildman–Crippen LogP) is 3.37. The Hall–Kier alpha value is -3.35. The smallest absolute Gasteiger partial charge is 0.313 e. The van der Waals surface area contributed by atoms with Crippen molar-refractivity contribution < 1.29 is 18.8 Å². The molecule has 0 aliphatic carbocycles. The van der Waals surface area contributed by atoms with Crippen molar-refractivity contribution in [2.45, 2.75) is 45.3 Å². The van der Waals surface area contributed by atoms with Gasteiger partial charge in [0, 0.05) is 23.7 Å². The summed E-state index contributed by atoms with van der Waals surface area (Å²) in [6.07, 6.45) is 10.8. The molecule has 1 aliphatic heterocycles. The average Bonchev–Trinajstić information content (AvgIpc) is 2.91. The third kappa shape index (κ3) is 9.02. The fourth-order valence-electron chi connectivity index (χ4n) is 3.96. The molecule has 0 amide bonds. The van der Waals surface area contributed by atoms with E-state index in [0.717, 1.165) is 63.1 Å². The largest absolute Gasteiger partial charge is 0.494 e. The summed E-state index contributed by atoms with van der Waals surface area (Å²) in [6, 6.07) is 11.1. The van der Waals surface area contributed by atoms with E-state index < -0.39 is 0 Å². The van der Waals surface area contributed by atoms with Crippen LogP contribution in [0.25, 0.3) is 0 Å².